The Labute approximate surface area is 102 Å². The normalized spacial score (nSPS) is 11.4. The van der Waals surface area contributed by atoms with Gasteiger partial charge < -0.3 is 4.90 Å². The summed E-state index contributed by atoms with van der Waals surface area (Å²) in [5.41, 5.74) is 3.21. The van der Waals surface area contributed by atoms with E-state index in [1.54, 1.807) is 0 Å². The van der Waals surface area contributed by atoms with Crippen LogP contribution in [-0.4, -0.2) is 54.2 Å². The second kappa shape index (κ2) is 4.71. The summed E-state index contributed by atoms with van der Waals surface area (Å²) < 4.78 is 0. The number of hydrogen-bond donors (Lipinski definition) is 0. The molecule has 0 spiro atoms. The Kier molecular flexibility index (Phi) is 3.28. The zero-order valence-electron chi connectivity index (χ0n) is 10.9. The first-order valence-electron chi connectivity index (χ1n) is 5.76. The van der Waals surface area contributed by atoms with E-state index in [-0.39, 0.29) is 0 Å². The lowest BCUT2D eigenvalue weighted by atomic mass is 10.2. The largest absolute Gasteiger partial charge is 0.308 e. The summed E-state index contributed by atoms with van der Waals surface area (Å²) >= 11 is 0. The smallest absolute Gasteiger partial charge is 0.115 e. The lowest BCUT2D eigenvalue weighted by Gasteiger charge is -2.21. The number of rotatable bonds is 4. The maximum absolute atomic E-state index is 4.19. The van der Waals surface area contributed by atoms with Gasteiger partial charge in [-0.15, -0.1) is 5.10 Å². The van der Waals surface area contributed by atoms with Crippen LogP contribution < -0.4 is 5.01 Å². The molecule has 1 aromatic carbocycles. The third-order valence-corrected chi connectivity index (χ3v) is 2.78. The Morgan fingerprint density at radius 3 is 2.65 bits per heavy atom. The van der Waals surface area contributed by atoms with Crippen molar-refractivity contribution < 1.29 is 0 Å². The molecule has 0 aliphatic carbocycles. The Morgan fingerprint density at radius 2 is 1.94 bits per heavy atom. The molecule has 92 valence electrons. The van der Waals surface area contributed by atoms with Gasteiger partial charge in [0.15, 0.2) is 0 Å². The Morgan fingerprint density at radius 1 is 1.18 bits per heavy atom. The van der Waals surface area contributed by atoms with Crippen LogP contribution in [0.25, 0.3) is 11.0 Å². The van der Waals surface area contributed by atoms with Crippen LogP contribution >= 0.6 is 0 Å². The van der Waals surface area contributed by atoms with Crippen LogP contribution in [0.15, 0.2) is 18.2 Å². The second-order valence-corrected chi connectivity index (χ2v) is 4.66. The van der Waals surface area contributed by atoms with Crippen LogP contribution in [0.1, 0.15) is 5.56 Å². The fourth-order valence-corrected chi connectivity index (χ4v) is 1.71. The zero-order valence-corrected chi connectivity index (χ0v) is 10.9. The summed E-state index contributed by atoms with van der Waals surface area (Å²) in [6.07, 6.45) is 0. The average molecular weight is 233 g/mol. The van der Waals surface area contributed by atoms with Crippen molar-refractivity contribution >= 4 is 11.0 Å². The first kappa shape index (κ1) is 11.9. The highest BCUT2D eigenvalue weighted by atomic mass is 15.7. The summed E-state index contributed by atoms with van der Waals surface area (Å²) in [6.45, 7) is 3.97. The average Bonchev–Trinajstić information content (AvgIpc) is 2.68. The molecule has 0 radical (unpaired) electrons. The van der Waals surface area contributed by atoms with Gasteiger partial charge in [0, 0.05) is 20.1 Å². The molecule has 0 atom stereocenters. The Hall–Kier alpha value is -1.62. The maximum atomic E-state index is 4.19. The Bertz CT molecular complexity index is 503. The van der Waals surface area contributed by atoms with E-state index < -0.39 is 0 Å². The third kappa shape index (κ3) is 2.55. The molecule has 2 aromatic rings. The zero-order chi connectivity index (χ0) is 12.4. The van der Waals surface area contributed by atoms with Crippen LogP contribution in [-0.2, 0) is 0 Å². The topological polar surface area (TPSA) is 37.2 Å². The Balaban J connectivity index is 2.23. The van der Waals surface area contributed by atoms with Crippen molar-refractivity contribution in [2.24, 2.45) is 0 Å². The number of aryl methyl sites for hydroxylation is 1. The molecule has 5 heteroatoms. The van der Waals surface area contributed by atoms with Gasteiger partial charge in [-0.1, -0.05) is 6.07 Å². The van der Waals surface area contributed by atoms with Crippen molar-refractivity contribution in [3.05, 3.63) is 23.8 Å². The molecule has 0 saturated heterocycles. The highest BCUT2D eigenvalue weighted by Crippen LogP contribution is 2.12. The third-order valence-electron chi connectivity index (χ3n) is 2.78. The molecule has 1 heterocycles. The minimum atomic E-state index is 0.916. The molecule has 2 rings (SSSR count). The van der Waals surface area contributed by atoms with Crippen molar-refractivity contribution in [2.45, 2.75) is 6.92 Å². The van der Waals surface area contributed by atoms with Crippen molar-refractivity contribution in [2.75, 3.05) is 39.2 Å². The number of aromatic nitrogens is 3. The fourth-order valence-electron chi connectivity index (χ4n) is 1.71. The van der Waals surface area contributed by atoms with Crippen LogP contribution in [0.2, 0.25) is 0 Å². The molecule has 0 bridgehead atoms. The van der Waals surface area contributed by atoms with Gasteiger partial charge in [-0.05, 0) is 43.9 Å². The highest BCUT2D eigenvalue weighted by molar-refractivity contribution is 5.75. The minimum Gasteiger partial charge on any atom is -0.308 e. The lowest BCUT2D eigenvalue weighted by molar-refractivity contribution is 0.397. The maximum Gasteiger partial charge on any atom is 0.115 e. The minimum absolute atomic E-state index is 0.916. The van der Waals surface area contributed by atoms with Crippen LogP contribution in [0.4, 0.5) is 0 Å². The van der Waals surface area contributed by atoms with Gasteiger partial charge in [0.05, 0.1) is 0 Å². The number of hydrogen-bond acceptors (Lipinski definition) is 4. The number of likely N-dealkylation sites (N-methyl/N-ethyl adjacent to an activating group) is 2. The molecule has 0 amide bonds. The van der Waals surface area contributed by atoms with Crippen LogP contribution in [0.5, 0.6) is 0 Å². The molecule has 5 nitrogen and oxygen atoms in total. The summed E-state index contributed by atoms with van der Waals surface area (Å²) in [7, 11) is 6.16. The molecule has 0 saturated carbocycles. The summed E-state index contributed by atoms with van der Waals surface area (Å²) in [6, 6.07) is 6.21. The molecule has 0 fully saturated rings. The van der Waals surface area contributed by atoms with Gasteiger partial charge in [0.25, 0.3) is 0 Å². The predicted octanol–water partition coefficient (Wildman–Crippen LogP) is 0.869. The SMILES string of the molecule is Cc1ccc2c(c1)nnn2N(C)CCN(C)C. The van der Waals surface area contributed by atoms with Crippen molar-refractivity contribution in [3.8, 4) is 0 Å². The van der Waals surface area contributed by atoms with Crippen LogP contribution in [0.3, 0.4) is 0 Å². The van der Waals surface area contributed by atoms with E-state index in [0.29, 0.717) is 0 Å². The molecular weight excluding hydrogens is 214 g/mol. The van der Waals surface area contributed by atoms with E-state index in [9.17, 15) is 0 Å². The number of fused-ring (bicyclic) bond motifs is 1. The van der Waals surface area contributed by atoms with E-state index in [0.717, 1.165) is 24.1 Å². The van der Waals surface area contributed by atoms with Gasteiger partial charge in [-0.25, -0.2) is 0 Å². The molecular formula is C12H19N5. The highest BCUT2D eigenvalue weighted by Gasteiger charge is 2.08. The monoisotopic (exact) mass is 233 g/mol. The quantitative estimate of drug-likeness (QED) is 0.785. The van der Waals surface area contributed by atoms with Crippen molar-refractivity contribution in [3.63, 3.8) is 0 Å². The van der Waals surface area contributed by atoms with Crippen LogP contribution in [0, 0.1) is 6.92 Å². The summed E-state index contributed by atoms with van der Waals surface area (Å²) in [4.78, 5) is 4.01. The van der Waals surface area contributed by atoms with E-state index in [1.807, 2.05) is 11.8 Å². The molecule has 0 N–H and O–H groups in total. The van der Waals surface area contributed by atoms with Gasteiger partial charge in [0.1, 0.15) is 11.0 Å². The molecule has 17 heavy (non-hydrogen) atoms. The predicted molar refractivity (Wildman–Crippen MR) is 69.8 cm³/mol. The second-order valence-electron chi connectivity index (χ2n) is 4.66. The van der Waals surface area contributed by atoms with Gasteiger partial charge in [0.2, 0.25) is 0 Å². The summed E-state index contributed by atoms with van der Waals surface area (Å²) in [5, 5.41) is 10.4. The van der Waals surface area contributed by atoms with Gasteiger partial charge in [-0.3, -0.25) is 5.01 Å². The van der Waals surface area contributed by atoms with Gasteiger partial charge in [-0.2, -0.15) is 4.79 Å². The number of benzene rings is 1. The number of nitrogens with zero attached hydrogens (tertiary/aromatic N) is 5. The molecule has 0 aliphatic heterocycles. The molecule has 0 unspecified atom stereocenters. The van der Waals surface area contributed by atoms with E-state index in [1.165, 1.54) is 5.56 Å². The lowest BCUT2D eigenvalue weighted by Crippen LogP contribution is -2.37. The molecule has 1 aromatic heterocycles. The van der Waals surface area contributed by atoms with E-state index >= 15 is 0 Å². The van der Waals surface area contributed by atoms with E-state index in [4.69, 9.17) is 0 Å². The summed E-state index contributed by atoms with van der Waals surface area (Å²) in [5.74, 6) is 0. The first-order valence-corrected chi connectivity index (χ1v) is 5.76. The van der Waals surface area contributed by atoms with Gasteiger partial charge >= 0.3 is 0 Å². The fraction of sp³-hybridized carbons (Fsp3) is 0.500. The van der Waals surface area contributed by atoms with Crippen molar-refractivity contribution in [1.29, 1.82) is 0 Å². The van der Waals surface area contributed by atoms with E-state index in [2.05, 4.69) is 59.4 Å². The van der Waals surface area contributed by atoms with Crippen molar-refractivity contribution in [1.82, 2.24) is 20.0 Å². The first-order chi connectivity index (χ1) is 8.08. The molecule has 0 aliphatic rings. The standard InChI is InChI=1S/C12H19N5/c1-10-5-6-12-11(9-10)13-14-17(12)16(4)8-7-15(2)3/h5-6,9H,7-8H2,1-4H3.